The summed E-state index contributed by atoms with van der Waals surface area (Å²) in [6, 6.07) is 7.16. The zero-order chi connectivity index (χ0) is 14.5. The van der Waals surface area contributed by atoms with Gasteiger partial charge in [0.1, 0.15) is 0 Å². The number of hydrogen-bond acceptors (Lipinski definition) is 4. The largest absolute Gasteiger partial charge is 0.354 e. The number of nitrogens with one attached hydrogen (secondary N) is 2. The molecule has 0 aliphatic carbocycles. The Morgan fingerprint density at radius 1 is 1.45 bits per heavy atom. The second-order valence-electron chi connectivity index (χ2n) is 5.20. The third-order valence-electron chi connectivity index (χ3n) is 3.53. The highest BCUT2D eigenvalue weighted by atomic mass is 16.6. The van der Waals surface area contributed by atoms with E-state index in [1.807, 2.05) is 0 Å². The van der Waals surface area contributed by atoms with E-state index in [2.05, 4.69) is 10.6 Å². The lowest BCUT2D eigenvalue weighted by atomic mass is 9.94. The first-order valence-corrected chi connectivity index (χ1v) is 6.78. The van der Waals surface area contributed by atoms with Gasteiger partial charge in [0, 0.05) is 31.1 Å². The minimum atomic E-state index is -0.393. The van der Waals surface area contributed by atoms with Gasteiger partial charge in [-0.1, -0.05) is 12.1 Å². The van der Waals surface area contributed by atoms with E-state index in [4.69, 9.17) is 0 Å². The quantitative estimate of drug-likeness (QED) is 0.643. The Hall–Kier alpha value is -1.95. The first-order valence-electron chi connectivity index (χ1n) is 6.78. The van der Waals surface area contributed by atoms with Gasteiger partial charge in [0.25, 0.3) is 5.69 Å². The van der Waals surface area contributed by atoms with Crippen molar-refractivity contribution in [3.8, 4) is 0 Å². The number of benzene rings is 1. The molecule has 1 aliphatic rings. The van der Waals surface area contributed by atoms with Crippen LogP contribution < -0.4 is 10.6 Å². The summed E-state index contributed by atoms with van der Waals surface area (Å²) in [6.07, 6.45) is 2.64. The molecule has 6 nitrogen and oxygen atoms in total. The summed E-state index contributed by atoms with van der Waals surface area (Å²) in [5.74, 6) is 0.00554. The molecule has 1 aromatic carbocycles. The molecule has 20 heavy (non-hydrogen) atoms. The fraction of sp³-hybridized carbons (Fsp3) is 0.500. The minimum Gasteiger partial charge on any atom is -0.354 e. The van der Waals surface area contributed by atoms with Gasteiger partial charge >= 0.3 is 0 Å². The smallest absolute Gasteiger partial charge is 0.269 e. The maximum absolute atomic E-state index is 11.1. The van der Waals surface area contributed by atoms with Gasteiger partial charge in [-0.15, -0.1) is 0 Å². The molecule has 0 spiro atoms. The van der Waals surface area contributed by atoms with Gasteiger partial charge in [-0.25, -0.2) is 0 Å². The summed E-state index contributed by atoms with van der Waals surface area (Å²) in [5.41, 5.74) is 1.18. The molecule has 1 amide bonds. The molecule has 2 rings (SSSR count). The third-order valence-corrected chi connectivity index (χ3v) is 3.53. The van der Waals surface area contributed by atoms with Crippen LogP contribution in [-0.2, 0) is 11.2 Å². The molecule has 1 aliphatic heterocycles. The number of nitrogens with zero attached hydrogens (tertiary/aromatic N) is 1. The van der Waals surface area contributed by atoms with Crippen LogP contribution in [0, 0.1) is 10.1 Å². The Bertz CT molecular complexity index is 487. The number of piperidine rings is 1. The van der Waals surface area contributed by atoms with Crippen molar-refractivity contribution in [1.29, 1.82) is 0 Å². The van der Waals surface area contributed by atoms with Crippen LogP contribution in [0.5, 0.6) is 0 Å². The maximum Gasteiger partial charge on any atom is 0.269 e. The number of carbonyl (C=O) groups excluding carboxylic acids is 1. The Morgan fingerprint density at radius 2 is 2.15 bits per heavy atom. The van der Waals surface area contributed by atoms with Crippen molar-refractivity contribution in [1.82, 2.24) is 10.6 Å². The summed E-state index contributed by atoms with van der Waals surface area (Å²) in [4.78, 5) is 21.3. The molecule has 1 heterocycles. The monoisotopic (exact) mass is 277 g/mol. The van der Waals surface area contributed by atoms with E-state index in [-0.39, 0.29) is 17.6 Å². The molecule has 0 aromatic heterocycles. The van der Waals surface area contributed by atoms with E-state index in [9.17, 15) is 14.9 Å². The van der Waals surface area contributed by atoms with Crippen LogP contribution in [-0.4, -0.2) is 29.5 Å². The minimum absolute atomic E-state index is 0.00554. The molecule has 2 unspecified atom stereocenters. The highest BCUT2D eigenvalue weighted by molar-refractivity contribution is 5.73. The molecular formula is C14H19N3O3. The van der Waals surface area contributed by atoms with Crippen molar-refractivity contribution in [2.45, 2.75) is 38.3 Å². The van der Waals surface area contributed by atoms with E-state index < -0.39 is 4.92 Å². The van der Waals surface area contributed by atoms with Crippen LogP contribution >= 0.6 is 0 Å². The van der Waals surface area contributed by atoms with Gasteiger partial charge in [-0.3, -0.25) is 14.9 Å². The zero-order valence-electron chi connectivity index (χ0n) is 11.5. The molecule has 1 aromatic rings. The predicted molar refractivity (Wildman–Crippen MR) is 75.4 cm³/mol. The molecule has 6 heteroatoms. The van der Waals surface area contributed by atoms with E-state index >= 15 is 0 Å². The first kappa shape index (κ1) is 14.5. The molecule has 2 N–H and O–H groups in total. The topological polar surface area (TPSA) is 84.3 Å². The number of carbonyl (C=O) groups is 1. The summed E-state index contributed by atoms with van der Waals surface area (Å²) >= 11 is 0. The second-order valence-corrected chi connectivity index (χ2v) is 5.20. The Balaban J connectivity index is 1.92. The van der Waals surface area contributed by atoms with E-state index in [0.29, 0.717) is 6.04 Å². The second kappa shape index (κ2) is 6.47. The maximum atomic E-state index is 11.1. The standard InChI is InChI=1S/C14H19N3O3/c1-10(18)16-12-6-7-15-13(9-12)8-11-2-4-14(5-3-11)17(19)20/h2-5,12-13,15H,6-9H2,1H3,(H,16,18). The van der Waals surface area contributed by atoms with Crippen molar-refractivity contribution in [2.24, 2.45) is 0 Å². The van der Waals surface area contributed by atoms with Gasteiger partial charge < -0.3 is 10.6 Å². The van der Waals surface area contributed by atoms with Crippen LogP contribution in [0.1, 0.15) is 25.3 Å². The molecule has 108 valence electrons. The molecule has 0 radical (unpaired) electrons. The highest BCUT2D eigenvalue weighted by Crippen LogP contribution is 2.17. The first-order chi connectivity index (χ1) is 9.54. The molecule has 1 fully saturated rings. The highest BCUT2D eigenvalue weighted by Gasteiger charge is 2.22. The number of rotatable bonds is 4. The Labute approximate surface area is 117 Å². The van der Waals surface area contributed by atoms with Crippen molar-refractivity contribution in [3.63, 3.8) is 0 Å². The Morgan fingerprint density at radius 3 is 2.75 bits per heavy atom. The lowest BCUT2D eigenvalue weighted by Gasteiger charge is -2.30. The third kappa shape index (κ3) is 4.03. The van der Waals surface area contributed by atoms with Crippen molar-refractivity contribution in [3.05, 3.63) is 39.9 Å². The lowest BCUT2D eigenvalue weighted by molar-refractivity contribution is -0.384. The molecule has 1 saturated heterocycles. The van der Waals surface area contributed by atoms with Gasteiger partial charge in [-0.05, 0) is 31.4 Å². The molecule has 0 bridgehead atoms. The van der Waals surface area contributed by atoms with Crippen molar-refractivity contribution in [2.75, 3.05) is 6.54 Å². The van der Waals surface area contributed by atoms with Gasteiger partial charge in [0.15, 0.2) is 0 Å². The molecule has 2 atom stereocenters. The number of nitro groups is 1. The molecule has 0 saturated carbocycles. The van der Waals surface area contributed by atoms with E-state index in [0.717, 1.165) is 31.4 Å². The summed E-state index contributed by atoms with van der Waals surface area (Å²) in [5, 5.41) is 17.0. The van der Waals surface area contributed by atoms with Gasteiger partial charge in [0.05, 0.1) is 4.92 Å². The van der Waals surface area contributed by atoms with E-state index in [1.54, 1.807) is 12.1 Å². The predicted octanol–water partition coefficient (Wildman–Crippen LogP) is 1.39. The van der Waals surface area contributed by atoms with Crippen molar-refractivity contribution >= 4 is 11.6 Å². The van der Waals surface area contributed by atoms with Crippen molar-refractivity contribution < 1.29 is 9.72 Å². The summed E-state index contributed by atoms with van der Waals surface area (Å²) in [7, 11) is 0. The fourth-order valence-corrected chi connectivity index (χ4v) is 2.62. The van der Waals surface area contributed by atoms with Crippen LogP contribution in [0.4, 0.5) is 5.69 Å². The zero-order valence-corrected chi connectivity index (χ0v) is 11.5. The Kier molecular flexibility index (Phi) is 4.68. The van der Waals surface area contributed by atoms with Crippen LogP contribution in [0.3, 0.4) is 0 Å². The normalized spacial score (nSPS) is 22.2. The van der Waals surface area contributed by atoms with Crippen LogP contribution in [0.15, 0.2) is 24.3 Å². The average molecular weight is 277 g/mol. The summed E-state index contributed by atoms with van der Waals surface area (Å²) < 4.78 is 0. The fourth-order valence-electron chi connectivity index (χ4n) is 2.62. The number of hydrogen-bond donors (Lipinski definition) is 2. The summed E-state index contributed by atoms with van der Waals surface area (Å²) in [6.45, 7) is 2.41. The van der Waals surface area contributed by atoms with Crippen LogP contribution in [0.25, 0.3) is 0 Å². The van der Waals surface area contributed by atoms with Crippen LogP contribution in [0.2, 0.25) is 0 Å². The SMILES string of the molecule is CC(=O)NC1CCNC(Cc2ccc([N+](=O)[O-])cc2)C1. The van der Waals surface area contributed by atoms with Gasteiger partial charge in [-0.2, -0.15) is 0 Å². The number of nitro benzene ring substituents is 1. The number of amides is 1. The average Bonchev–Trinajstić information content (AvgIpc) is 2.39. The lowest BCUT2D eigenvalue weighted by Crippen LogP contribution is -2.48. The number of non-ortho nitro benzene ring substituents is 1. The van der Waals surface area contributed by atoms with Gasteiger partial charge in [0.2, 0.25) is 5.91 Å². The van der Waals surface area contributed by atoms with E-state index in [1.165, 1.54) is 19.1 Å². The molecular weight excluding hydrogens is 258 g/mol.